The van der Waals surface area contributed by atoms with Gasteiger partial charge in [-0.05, 0) is 30.5 Å². The van der Waals surface area contributed by atoms with E-state index in [2.05, 4.69) is 0 Å². The second kappa shape index (κ2) is 4.70. The highest BCUT2D eigenvalue weighted by molar-refractivity contribution is 6.30. The molecule has 1 atom stereocenters. The van der Waals surface area contributed by atoms with Crippen LogP contribution in [0, 0.1) is 0 Å². The molecule has 0 radical (unpaired) electrons. The van der Waals surface area contributed by atoms with Gasteiger partial charge in [0.15, 0.2) is 0 Å². The molecule has 1 aromatic rings. The number of carbonyl (C=O) groups excluding carboxylic acids is 1. The van der Waals surface area contributed by atoms with Crippen LogP contribution in [0.3, 0.4) is 0 Å². The minimum atomic E-state index is -2.31. The Morgan fingerprint density at radius 2 is 1.81 bits per heavy atom. The smallest absolute Gasteiger partial charge is 0.343 e. The highest BCUT2D eigenvalue weighted by Crippen LogP contribution is 2.50. The molecule has 6 heteroatoms. The van der Waals surface area contributed by atoms with E-state index < -0.39 is 17.1 Å². The van der Waals surface area contributed by atoms with Gasteiger partial charge < -0.3 is 10.0 Å². The number of amides is 1. The summed E-state index contributed by atoms with van der Waals surface area (Å²) in [5, 5.41) is 9.50. The van der Waals surface area contributed by atoms with Crippen molar-refractivity contribution in [3.05, 3.63) is 34.9 Å². The van der Waals surface area contributed by atoms with Crippen LogP contribution in [0.25, 0.3) is 0 Å². The van der Waals surface area contributed by atoms with Gasteiger partial charge in [-0.3, -0.25) is 4.79 Å². The first-order chi connectivity index (χ1) is 9.87. The Morgan fingerprint density at radius 1 is 1.19 bits per heavy atom. The quantitative estimate of drug-likeness (QED) is 0.932. The van der Waals surface area contributed by atoms with Crippen molar-refractivity contribution >= 4 is 23.5 Å². The second-order valence-corrected chi connectivity index (χ2v) is 6.27. The van der Waals surface area contributed by atoms with E-state index in [9.17, 15) is 14.0 Å². The molecular weight excluding hydrogens is 297 g/mol. The molecule has 1 aromatic carbocycles. The Bertz CT molecular complexity index is 599. The van der Waals surface area contributed by atoms with Crippen LogP contribution in [-0.2, 0) is 15.0 Å². The number of carboxylic acid groups (broad SMARTS) is 1. The van der Waals surface area contributed by atoms with E-state index >= 15 is 0 Å². The number of hydrogen-bond acceptors (Lipinski definition) is 2. The Morgan fingerprint density at radius 3 is 2.29 bits per heavy atom. The van der Waals surface area contributed by atoms with Gasteiger partial charge in [-0.25, -0.2) is 9.18 Å². The number of aliphatic carboxylic acids is 1. The molecule has 1 saturated heterocycles. The van der Waals surface area contributed by atoms with Gasteiger partial charge in [0.25, 0.3) is 0 Å². The molecule has 3 rings (SSSR count). The zero-order chi connectivity index (χ0) is 15.3. The summed E-state index contributed by atoms with van der Waals surface area (Å²) in [6.07, 6.45) is 1.26. The Labute approximate surface area is 126 Å². The molecule has 0 bridgehead atoms. The lowest BCUT2D eigenvalue weighted by atomic mass is 9.94. The molecule has 1 aliphatic heterocycles. The first-order valence-corrected chi connectivity index (χ1v) is 7.23. The third kappa shape index (κ3) is 2.29. The predicted octanol–water partition coefficient (Wildman–Crippen LogP) is 2.40. The third-order valence-electron chi connectivity index (χ3n) is 4.45. The summed E-state index contributed by atoms with van der Waals surface area (Å²) in [7, 11) is 0. The largest absolute Gasteiger partial charge is 0.479 e. The van der Waals surface area contributed by atoms with Crippen molar-refractivity contribution in [3.63, 3.8) is 0 Å². The maximum Gasteiger partial charge on any atom is 0.343 e. The highest BCUT2D eigenvalue weighted by Gasteiger charge is 2.56. The maximum atomic E-state index is 14.1. The van der Waals surface area contributed by atoms with Crippen molar-refractivity contribution < 1.29 is 19.1 Å². The van der Waals surface area contributed by atoms with Crippen LogP contribution in [0.5, 0.6) is 0 Å². The van der Waals surface area contributed by atoms with Gasteiger partial charge in [0, 0.05) is 18.0 Å². The fraction of sp³-hybridized carbons (Fsp3) is 0.467. The summed E-state index contributed by atoms with van der Waals surface area (Å²) in [5.74, 6) is -1.67. The van der Waals surface area contributed by atoms with Crippen molar-refractivity contribution in [2.75, 3.05) is 13.1 Å². The minimum Gasteiger partial charge on any atom is -0.479 e. The Kier molecular flexibility index (Phi) is 3.20. The highest BCUT2D eigenvalue weighted by atomic mass is 35.5. The van der Waals surface area contributed by atoms with Gasteiger partial charge in [-0.1, -0.05) is 23.7 Å². The van der Waals surface area contributed by atoms with Crippen molar-refractivity contribution in [2.45, 2.75) is 30.3 Å². The summed E-state index contributed by atoms with van der Waals surface area (Å²) in [6, 6.07) is 7.07. The van der Waals surface area contributed by atoms with Gasteiger partial charge >= 0.3 is 5.97 Å². The molecule has 112 valence electrons. The number of halogens is 2. The van der Waals surface area contributed by atoms with E-state index in [4.69, 9.17) is 16.7 Å². The van der Waals surface area contributed by atoms with E-state index in [1.807, 2.05) is 12.1 Å². The molecule has 1 unspecified atom stereocenters. The number of nitrogens with zero attached hydrogens (tertiary/aromatic N) is 1. The van der Waals surface area contributed by atoms with E-state index in [-0.39, 0.29) is 25.4 Å². The lowest BCUT2D eigenvalue weighted by Crippen LogP contribution is -2.42. The average molecular weight is 312 g/mol. The SMILES string of the molecule is O=C(O)C1(F)CCN(C(=O)C2(c3ccc(Cl)cc3)CC2)C1. The number of hydrogen-bond donors (Lipinski definition) is 1. The maximum absolute atomic E-state index is 14.1. The molecule has 1 heterocycles. The molecule has 1 N–H and O–H groups in total. The topological polar surface area (TPSA) is 57.6 Å². The third-order valence-corrected chi connectivity index (χ3v) is 4.70. The zero-order valence-corrected chi connectivity index (χ0v) is 12.1. The van der Waals surface area contributed by atoms with Crippen molar-refractivity contribution in [3.8, 4) is 0 Å². The number of benzene rings is 1. The van der Waals surface area contributed by atoms with Gasteiger partial charge in [0.05, 0.1) is 12.0 Å². The summed E-state index contributed by atoms with van der Waals surface area (Å²) in [4.78, 5) is 24.9. The van der Waals surface area contributed by atoms with Crippen LogP contribution >= 0.6 is 11.6 Å². The molecule has 2 fully saturated rings. The fourth-order valence-corrected chi connectivity index (χ4v) is 3.07. The molecule has 1 saturated carbocycles. The fourth-order valence-electron chi connectivity index (χ4n) is 2.94. The van der Waals surface area contributed by atoms with Gasteiger partial charge in [0.2, 0.25) is 11.6 Å². The summed E-state index contributed by atoms with van der Waals surface area (Å²) >= 11 is 5.85. The predicted molar refractivity (Wildman–Crippen MR) is 75.0 cm³/mol. The number of rotatable bonds is 3. The van der Waals surface area contributed by atoms with E-state index in [1.54, 1.807) is 12.1 Å². The lowest BCUT2D eigenvalue weighted by molar-refractivity contribution is -0.150. The van der Waals surface area contributed by atoms with Crippen LogP contribution in [0.2, 0.25) is 5.02 Å². The molecule has 1 aliphatic carbocycles. The second-order valence-electron chi connectivity index (χ2n) is 5.84. The average Bonchev–Trinajstić information content (AvgIpc) is 3.16. The number of carboxylic acids is 1. The molecule has 4 nitrogen and oxygen atoms in total. The van der Waals surface area contributed by atoms with Crippen LogP contribution in [-0.4, -0.2) is 40.6 Å². The summed E-state index contributed by atoms with van der Waals surface area (Å²) in [5.41, 5.74) is -2.07. The van der Waals surface area contributed by atoms with E-state index in [0.29, 0.717) is 17.9 Å². The Hall–Kier alpha value is -1.62. The standard InChI is InChI=1S/C15H15ClFNO3/c16-11-3-1-10(2-4-11)14(5-6-14)12(19)18-8-7-15(17,9-18)13(20)21/h1-4H,5-9H2,(H,20,21). The van der Waals surface area contributed by atoms with Crippen molar-refractivity contribution in [2.24, 2.45) is 0 Å². The molecular formula is C15H15ClFNO3. The molecule has 21 heavy (non-hydrogen) atoms. The van der Waals surface area contributed by atoms with Gasteiger partial charge in [-0.15, -0.1) is 0 Å². The zero-order valence-electron chi connectivity index (χ0n) is 11.3. The number of alkyl halides is 1. The van der Waals surface area contributed by atoms with E-state index in [1.165, 1.54) is 4.90 Å². The molecule has 2 aliphatic rings. The molecule has 0 aromatic heterocycles. The first kappa shape index (κ1) is 14.3. The number of likely N-dealkylation sites (tertiary alicyclic amines) is 1. The van der Waals surface area contributed by atoms with Gasteiger partial charge in [0.1, 0.15) is 0 Å². The monoisotopic (exact) mass is 311 g/mol. The Balaban J connectivity index is 1.80. The van der Waals surface area contributed by atoms with Crippen LogP contribution < -0.4 is 0 Å². The summed E-state index contributed by atoms with van der Waals surface area (Å²) in [6.45, 7) is -0.215. The van der Waals surface area contributed by atoms with E-state index in [0.717, 1.165) is 5.56 Å². The first-order valence-electron chi connectivity index (χ1n) is 6.85. The normalized spacial score (nSPS) is 26.7. The van der Waals surface area contributed by atoms with Crippen LogP contribution in [0.15, 0.2) is 24.3 Å². The lowest BCUT2D eigenvalue weighted by Gasteiger charge is -2.24. The minimum absolute atomic E-state index is 0.148. The van der Waals surface area contributed by atoms with Crippen LogP contribution in [0.4, 0.5) is 4.39 Å². The van der Waals surface area contributed by atoms with Crippen molar-refractivity contribution in [1.29, 1.82) is 0 Å². The number of carbonyl (C=O) groups is 2. The molecule has 1 amide bonds. The van der Waals surface area contributed by atoms with Crippen LogP contribution in [0.1, 0.15) is 24.8 Å². The van der Waals surface area contributed by atoms with Crippen molar-refractivity contribution in [1.82, 2.24) is 4.90 Å². The van der Waals surface area contributed by atoms with Gasteiger partial charge in [-0.2, -0.15) is 0 Å². The molecule has 0 spiro atoms. The summed E-state index contributed by atoms with van der Waals surface area (Å²) < 4.78 is 14.1.